The number of aromatic nitrogens is 4. The molecule has 1 fully saturated rings. The summed E-state index contributed by atoms with van der Waals surface area (Å²) in [4.78, 5) is 28.1. The maximum absolute atomic E-state index is 12.8. The molecule has 2 aliphatic rings. The van der Waals surface area contributed by atoms with Crippen molar-refractivity contribution in [3.63, 3.8) is 0 Å². The Bertz CT molecular complexity index is 1070. The Morgan fingerprint density at radius 3 is 2.79 bits per heavy atom. The van der Waals surface area contributed by atoms with Crippen LogP contribution in [-0.2, 0) is 6.54 Å². The highest BCUT2D eigenvalue weighted by Gasteiger charge is 2.35. The van der Waals surface area contributed by atoms with Crippen LogP contribution in [-0.4, -0.2) is 32.6 Å². The molecule has 0 amide bonds. The molecule has 2 aliphatic heterocycles. The zero-order valence-electron chi connectivity index (χ0n) is 15.7. The van der Waals surface area contributed by atoms with Crippen LogP contribution in [0, 0.1) is 12.8 Å². The van der Waals surface area contributed by atoms with E-state index in [1.165, 1.54) is 0 Å². The van der Waals surface area contributed by atoms with Gasteiger partial charge in [-0.2, -0.15) is 4.98 Å². The number of pyridine rings is 2. The summed E-state index contributed by atoms with van der Waals surface area (Å²) in [7, 11) is 0. The first-order chi connectivity index (χ1) is 13.6. The zero-order chi connectivity index (χ0) is 19.3. The second-order valence-electron chi connectivity index (χ2n) is 7.76. The number of piperidine rings is 1. The Hall–Kier alpha value is -3.22. The van der Waals surface area contributed by atoms with Crippen molar-refractivity contribution in [1.29, 1.82) is 0 Å². The Morgan fingerprint density at radius 2 is 2.00 bits per heavy atom. The molecule has 3 aromatic heterocycles. The summed E-state index contributed by atoms with van der Waals surface area (Å²) < 4.78 is 1.95. The van der Waals surface area contributed by atoms with Gasteiger partial charge >= 0.3 is 0 Å². The first-order valence-corrected chi connectivity index (χ1v) is 9.59. The molecule has 1 saturated heterocycles. The summed E-state index contributed by atoms with van der Waals surface area (Å²) in [6, 6.07) is 11.6. The molecule has 3 aromatic rings. The van der Waals surface area contributed by atoms with Gasteiger partial charge in [0.05, 0.1) is 5.69 Å². The van der Waals surface area contributed by atoms with E-state index < -0.39 is 0 Å². The molecule has 142 valence electrons. The first kappa shape index (κ1) is 16.9. The van der Waals surface area contributed by atoms with Gasteiger partial charge in [0.1, 0.15) is 5.82 Å². The Balaban J connectivity index is 1.53. The predicted octanol–water partition coefficient (Wildman–Crippen LogP) is 2.21. The third-order valence-electron chi connectivity index (χ3n) is 5.70. The lowest BCUT2D eigenvalue weighted by atomic mass is 9.82. The number of nitrogens with zero attached hydrogens (tertiary/aromatic N) is 5. The minimum atomic E-state index is 0.0587. The number of hydrogen-bond acceptors (Lipinski definition) is 6. The van der Waals surface area contributed by atoms with Gasteiger partial charge in [0.25, 0.3) is 5.56 Å². The van der Waals surface area contributed by atoms with Crippen LogP contribution in [0.15, 0.2) is 47.4 Å². The summed E-state index contributed by atoms with van der Waals surface area (Å²) in [5, 5.41) is 0. The van der Waals surface area contributed by atoms with Crippen LogP contribution in [0.25, 0.3) is 11.3 Å². The number of nitrogens with two attached hydrogens (primary N) is 1. The van der Waals surface area contributed by atoms with Gasteiger partial charge in [0.2, 0.25) is 5.95 Å². The van der Waals surface area contributed by atoms with Crippen molar-refractivity contribution in [2.45, 2.75) is 25.8 Å². The quantitative estimate of drug-likeness (QED) is 0.740. The van der Waals surface area contributed by atoms with Crippen molar-refractivity contribution in [1.82, 2.24) is 19.5 Å². The smallest absolute Gasteiger partial charge is 0.251 e. The molecule has 2 N–H and O–H groups in total. The van der Waals surface area contributed by atoms with E-state index in [0.717, 1.165) is 54.5 Å². The molecular formula is C21H22N6O. The molecule has 5 rings (SSSR count). The highest BCUT2D eigenvalue weighted by Crippen LogP contribution is 2.37. The van der Waals surface area contributed by atoms with E-state index in [1.54, 1.807) is 12.3 Å². The average molecular weight is 374 g/mol. The number of nitrogen functional groups attached to an aromatic ring is 1. The molecule has 0 saturated carbocycles. The Kier molecular flexibility index (Phi) is 3.89. The van der Waals surface area contributed by atoms with E-state index in [1.807, 2.05) is 35.8 Å². The van der Waals surface area contributed by atoms with Crippen LogP contribution >= 0.6 is 0 Å². The second kappa shape index (κ2) is 6.44. The van der Waals surface area contributed by atoms with Crippen molar-refractivity contribution >= 4 is 11.8 Å². The number of anilines is 2. The lowest BCUT2D eigenvalue weighted by Gasteiger charge is -2.43. The Labute approximate surface area is 162 Å². The van der Waals surface area contributed by atoms with E-state index >= 15 is 0 Å². The molecule has 7 heteroatoms. The fraction of sp³-hybridized carbons (Fsp3) is 0.333. The normalized spacial score (nSPS) is 20.7. The van der Waals surface area contributed by atoms with Gasteiger partial charge in [0.15, 0.2) is 0 Å². The van der Waals surface area contributed by atoms with Gasteiger partial charge in [-0.25, -0.2) is 4.98 Å². The highest BCUT2D eigenvalue weighted by molar-refractivity contribution is 5.59. The lowest BCUT2D eigenvalue weighted by molar-refractivity contribution is 0.281. The van der Waals surface area contributed by atoms with Crippen LogP contribution in [0.1, 0.15) is 23.7 Å². The molecule has 0 spiro atoms. The zero-order valence-corrected chi connectivity index (χ0v) is 15.7. The second-order valence-corrected chi connectivity index (χ2v) is 7.76. The van der Waals surface area contributed by atoms with Gasteiger partial charge in [-0.1, -0.05) is 6.07 Å². The van der Waals surface area contributed by atoms with Crippen LogP contribution in [0.2, 0.25) is 0 Å². The van der Waals surface area contributed by atoms with Crippen molar-refractivity contribution in [2.24, 2.45) is 5.92 Å². The highest BCUT2D eigenvalue weighted by atomic mass is 16.1. The van der Waals surface area contributed by atoms with Crippen molar-refractivity contribution in [3.8, 4) is 11.3 Å². The molecule has 0 radical (unpaired) electrons. The maximum Gasteiger partial charge on any atom is 0.251 e. The standard InChI is InChI=1S/C21H22N6O/c1-13-6-19(25-21(22)24-13)26-10-14-7-16(12-26)18-8-15(9-20(28)27(18)11-14)17-4-2-3-5-23-17/h2-6,8-9,14,16H,7,10-12H2,1H3,(H2,22,24,25)/t14-,16+/m0/s1. The third kappa shape index (κ3) is 2.93. The van der Waals surface area contributed by atoms with Crippen LogP contribution in [0.3, 0.4) is 0 Å². The number of fused-ring (bicyclic) bond motifs is 4. The van der Waals surface area contributed by atoms with Gasteiger partial charge in [-0.15, -0.1) is 0 Å². The molecule has 0 unspecified atom stereocenters. The fourth-order valence-corrected chi connectivity index (χ4v) is 4.56. The van der Waals surface area contributed by atoms with Crippen molar-refractivity contribution in [3.05, 3.63) is 64.3 Å². The Morgan fingerprint density at radius 1 is 1.11 bits per heavy atom. The predicted molar refractivity (Wildman–Crippen MR) is 108 cm³/mol. The number of rotatable bonds is 2. The molecule has 5 heterocycles. The van der Waals surface area contributed by atoms with E-state index in [2.05, 4.69) is 25.9 Å². The van der Waals surface area contributed by atoms with Gasteiger partial charge < -0.3 is 15.2 Å². The largest absolute Gasteiger partial charge is 0.368 e. The fourth-order valence-electron chi connectivity index (χ4n) is 4.56. The summed E-state index contributed by atoms with van der Waals surface area (Å²) in [6.45, 7) is 4.36. The van der Waals surface area contributed by atoms with Gasteiger partial charge in [-0.05, 0) is 37.5 Å². The molecular weight excluding hydrogens is 352 g/mol. The van der Waals surface area contributed by atoms with Crippen LogP contribution in [0.5, 0.6) is 0 Å². The van der Waals surface area contributed by atoms with Gasteiger partial charge in [0, 0.05) is 60.8 Å². The van der Waals surface area contributed by atoms with E-state index in [9.17, 15) is 4.79 Å². The van der Waals surface area contributed by atoms with E-state index in [-0.39, 0.29) is 11.5 Å². The SMILES string of the molecule is Cc1cc(N2C[C@@H]3C[C@H](C2)c2cc(-c4ccccn4)cc(=O)n2C3)nc(N)n1. The molecule has 0 aromatic carbocycles. The molecule has 2 atom stereocenters. The lowest BCUT2D eigenvalue weighted by Crippen LogP contribution is -2.47. The molecule has 2 bridgehead atoms. The van der Waals surface area contributed by atoms with Gasteiger partial charge in [-0.3, -0.25) is 9.78 Å². The third-order valence-corrected chi connectivity index (χ3v) is 5.70. The van der Waals surface area contributed by atoms with E-state index in [4.69, 9.17) is 5.73 Å². The number of aryl methyl sites for hydroxylation is 1. The van der Waals surface area contributed by atoms with Crippen LogP contribution in [0.4, 0.5) is 11.8 Å². The summed E-state index contributed by atoms with van der Waals surface area (Å²) in [5.41, 5.74) is 9.59. The van der Waals surface area contributed by atoms with Crippen LogP contribution < -0.4 is 16.2 Å². The summed E-state index contributed by atoms with van der Waals surface area (Å²) >= 11 is 0. The number of hydrogen-bond donors (Lipinski definition) is 1. The van der Waals surface area contributed by atoms with E-state index in [0.29, 0.717) is 11.9 Å². The monoisotopic (exact) mass is 374 g/mol. The molecule has 0 aliphatic carbocycles. The molecule has 7 nitrogen and oxygen atoms in total. The first-order valence-electron chi connectivity index (χ1n) is 9.59. The molecule has 28 heavy (non-hydrogen) atoms. The minimum absolute atomic E-state index is 0.0587. The summed E-state index contributed by atoms with van der Waals surface area (Å²) in [6.07, 6.45) is 2.84. The summed E-state index contributed by atoms with van der Waals surface area (Å²) in [5.74, 6) is 1.87. The van der Waals surface area contributed by atoms with Crippen molar-refractivity contribution < 1.29 is 0 Å². The minimum Gasteiger partial charge on any atom is -0.368 e. The topological polar surface area (TPSA) is 89.9 Å². The average Bonchev–Trinajstić information content (AvgIpc) is 2.68. The van der Waals surface area contributed by atoms with Crippen molar-refractivity contribution in [2.75, 3.05) is 23.7 Å². The maximum atomic E-state index is 12.8.